The van der Waals surface area contributed by atoms with Crippen LogP contribution in [0.5, 0.6) is 0 Å². The molecule has 0 amide bonds. The SMILES string of the molecule is CNCC(c1ccc(C2CCN(C)C2)cc1)C(C)C. The topological polar surface area (TPSA) is 15.3 Å². The molecule has 1 heterocycles. The maximum Gasteiger partial charge on any atom is 0.00477 e. The molecule has 0 radical (unpaired) electrons. The second-order valence-corrected chi connectivity index (χ2v) is 6.32. The summed E-state index contributed by atoms with van der Waals surface area (Å²) < 4.78 is 0. The van der Waals surface area contributed by atoms with E-state index in [1.165, 1.54) is 30.6 Å². The summed E-state index contributed by atoms with van der Waals surface area (Å²) in [6.45, 7) is 8.12. The fourth-order valence-corrected chi connectivity index (χ4v) is 3.18. The Morgan fingerprint density at radius 2 is 1.95 bits per heavy atom. The molecule has 2 atom stereocenters. The van der Waals surface area contributed by atoms with E-state index in [0.29, 0.717) is 11.8 Å². The molecule has 1 N–H and O–H groups in total. The van der Waals surface area contributed by atoms with Crippen LogP contribution in [0.15, 0.2) is 24.3 Å². The molecule has 0 spiro atoms. The molecule has 2 unspecified atom stereocenters. The zero-order valence-electron chi connectivity index (χ0n) is 12.8. The number of nitrogens with one attached hydrogen (secondary N) is 1. The third-order valence-electron chi connectivity index (χ3n) is 4.46. The summed E-state index contributed by atoms with van der Waals surface area (Å²) in [7, 11) is 4.26. The van der Waals surface area contributed by atoms with Crippen molar-refractivity contribution in [3.8, 4) is 0 Å². The fourth-order valence-electron chi connectivity index (χ4n) is 3.18. The maximum atomic E-state index is 3.32. The van der Waals surface area contributed by atoms with Crippen LogP contribution in [0.4, 0.5) is 0 Å². The van der Waals surface area contributed by atoms with Crippen LogP contribution >= 0.6 is 0 Å². The average molecular weight is 260 g/mol. The smallest absolute Gasteiger partial charge is 0.00477 e. The van der Waals surface area contributed by atoms with Gasteiger partial charge in [-0.15, -0.1) is 0 Å². The Bertz CT molecular complexity index is 383. The summed E-state index contributed by atoms with van der Waals surface area (Å²) in [5.74, 6) is 2.03. The lowest BCUT2D eigenvalue weighted by molar-refractivity contribution is 0.411. The normalized spacial score (nSPS) is 22.1. The second-order valence-electron chi connectivity index (χ2n) is 6.32. The van der Waals surface area contributed by atoms with Gasteiger partial charge in [-0.1, -0.05) is 38.1 Å². The number of likely N-dealkylation sites (tertiary alicyclic amines) is 1. The number of hydrogen-bond acceptors (Lipinski definition) is 2. The Hall–Kier alpha value is -0.860. The number of benzene rings is 1. The number of likely N-dealkylation sites (N-methyl/N-ethyl adjacent to an activating group) is 2. The Kier molecular flexibility index (Phi) is 5.00. The Balaban J connectivity index is 2.08. The van der Waals surface area contributed by atoms with E-state index in [0.717, 1.165) is 12.5 Å². The summed E-state index contributed by atoms with van der Waals surface area (Å²) in [5.41, 5.74) is 2.99. The van der Waals surface area contributed by atoms with Gasteiger partial charge >= 0.3 is 0 Å². The van der Waals surface area contributed by atoms with Crippen molar-refractivity contribution in [3.63, 3.8) is 0 Å². The quantitative estimate of drug-likeness (QED) is 0.875. The van der Waals surface area contributed by atoms with Crippen molar-refractivity contribution in [2.75, 3.05) is 33.7 Å². The lowest BCUT2D eigenvalue weighted by Crippen LogP contribution is -2.21. The van der Waals surface area contributed by atoms with E-state index in [9.17, 15) is 0 Å². The first-order chi connectivity index (χ1) is 9.11. The van der Waals surface area contributed by atoms with E-state index in [2.05, 4.69) is 55.4 Å². The molecular weight excluding hydrogens is 232 g/mol. The van der Waals surface area contributed by atoms with Crippen LogP contribution in [0.1, 0.15) is 43.2 Å². The highest BCUT2D eigenvalue weighted by Gasteiger charge is 2.21. The first-order valence-corrected chi connectivity index (χ1v) is 7.54. The molecule has 0 saturated carbocycles. The van der Waals surface area contributed by atoms with Gasteiger partial charge in [-0.25, -0.2) is 0 Å². The largest absolute Gasteiger partial charge is 0.319 e. The van der Waals surface area contributed by atoms with Crippen LogP contribution in [0.3, 0.4) is 0 Å². The maximum absolute atomic E-state index is 3.32. The number of nitrogens with zero attached hydrogens (tertiary/aromatic N) is 1. The molecule has 1 aromatic rings. The van der Waals surface area contributed by atoms with Gasteiger partial charge in [0.1, 0.15) is 0 Å². The molecule has 2 rings (SSSR count). The van der Waals surface area contributed by atoms with Gasteiger partial charge in [-0.3, -0.25) is 0 Å². The highest BCUT2D eigenvalue weighted by Crippen LogP contribution is 2.29. The van der Waals surface area contributed by atoms with Gasteiger partial charge in [0.15, 0.2) is 0 Å². The lowest BCUT2D eigenvalue weighted by Gasteiger charge is -2.22. The van der Waals surface area contributed by atoms with Crippen molar-refractivity contribution in [2.24, 2.45) is 5.92 Å². The minimum atomic E-state index is 0.616. The van der Waals surface area contributed by atoms with Crippen molar-refractivity contribution >= 4 is 0 Å². The van der Waals surface area contributed by atoms with Crippen molar-refractivity contribution < 1.29 is 0 Å². The van der Waals surface area contributed by atoms with E-state index in [4.69, 9.17) is 0 Å². The lowest BCUT2D eigenvalue weighted by atomic mass is 9.87. The predicted molar refractivity (Wildman–Crippen MR) is 82.8 cm³/mol. The van der Waals surface area contributed by atoms with E-state index in [1.807, 2.05) is 7.05 Å². The minimum Gasteiger partial charge on any atom is -0.319 e. The molecule has 106 valence electrons. The standard InChI is InChI=1S/C17H28N2/c1-13(2)17(11-18-3)15-7-5-14(6-8-15)16-9-10-19(4)12-16/h5-8,13,16-18H,9-12H2,1-4H3. The number of hydrogen-bond donors (Lipinski definition) is 1. The molecule has 1 aromatic carbocycles. The molecule has 2 heteroatoms. The van der Waals surface area contributed by atoms with E-state index < -0.39 is 0 Å². The molecule has 0 bridgehead atoms. The molecule has 1 aliphatic heterocycles. The third kappa shape index (κ3) is 3.58. The third-order valence-corrected chi connectivity index (χ3v) is 4.46. The van der Waals surface area contributed by atoms with Crippen LogP contribution in [0.25, 0.3) is 0 Å². The van der Waals surface area contributed by atoms with Gasteiger partial charge in [-0.2, -0.15) is 0 Å². The average Bonchev–Trinajstić information content (AvgIpc) is 2.82. The summed E-state index contributed by atoms with van der Waals surface area (Å²) in [5, 5.41) is 3.32. The summed E-state index contributed by atoms with van der Waals surface area (Å²) in [6.07, 6.45) is 1.31. The van der Waals surface area contributed by atoms with Crippen LogP contribution < -0.4 is 5.32 Å². The minimum absolute atomic E-state index is 0.616. The second kappa shape index (κ2) is 6.53. The zero-order chi connectivity index (χ0) is 13.8. The van der Waals surface area contributed by atoms with Crippen molar-refractivity contribution in [2.45, 2.75) is 32.1 Å². The highest BCUT2D eigenvalue weighted by atomic mass is 15.1. The highest BCUT2D eigenvalue weighted by molar-refractivity contribution is 5.29. The van der Waals surface area contributed by atoms with Gasteiger partial charge in [0.2, 0.25) is 0 Å². The fraction of sp³-hybridized carbons (Fsp3) is 0.647. The molecule has 1 aliphatic rings. The summed E-state index contributed by atoms with van der Waals surface area (Å²) in [4.78, 5) is 2.43. The first-order valence-electron chi connectivity index (χ1n) is 7.54. The van der Waals surface area contributed by atoms with Crippen molar-refractivity contribution in [3.05, 3.63) is 35.4 Å². The monoisotopic (exact) mass is 260 g/mol. The van der Waals surface area contributed by atoms with Crippen LogP contribution in [0, 0.1) is 5.92 Å². The molecule has 19 heavy (non-hydrogen) atoms. The predicted octanol–water partition coefficient (Wildman–Crippen LogP) is 3.06. The van der Waals surface area contributed by atoms with Gasteiger partial charge < -0.3 is 10.2 Å². The molecule has 0 aromatic heterocycles. The van der Waals surface area contributed by atoms with E-state index >= 15 is 0 Å². The zero-order valence-corrected chi connectivity index (χ0v) is 12.8. The first kappa shape index (κ1) is 14.5. The molecular formula is C17H28N2. The van der Waals surface area contributed by atoms with Crippen molar-refractivity contribution in [1.82, 2.24) is 10.2 Å². The summed E-state index contributed by atoms with van der Waals surface area (Å²) >= 11 is 0. The van der Waals surface area contributed by atoms with Gasteiger partial charge in [0, 0.05) is 13.1 Å². The van der Waals surface area contributed by atoms with Crippen LogP contribution in [-0.4, -0.2) is 38.6 Å². The molecule has 2 nitrogen and oxygen atoms in total. The molecule has 1 fully saturated rings. The van der Waals surface area contributed by atoms with Crippen LogP contribution in [-0.2, 0) is 0 Å². The van der Waals surface area contributed by atoms with Gasteiger partial charge in [0.25, 0.3) is 0 Å². The number of rotatable bonds is 5. The molecule has 1 saturated heterocycles. The molecule has 0 aliphatic carbocycles. The van der Waals surface area contributed by atoms with Crippen molar-refractivity contribution in [1.29, 1.82) is 0 Å². The Labute approximate surface area is 118 Å². The van der Waals surface area contributed by atoms with Crippen LogP contribution in [0.2, 0.25) is 0 Å². The Morgan fingerprint density at radius 1 is 1.26 bits per heavy atom. The van der Waals surface area contributed by atoms with E-state index in [1.54, 1.807) is 0 Å². The van der Waals surface area contributed by atoms with Gasteiger partial charge in [-0.05, 0) is 55.9 Å². The van der Waals surface area contributed by atoms with Gasteiger partial charge in [0.05, 0.1) is 0 Å². The van der Waals surface area contributed by atoms with E-state index in [-0.39, 0.29) is 0 Å². The summed E-state index contributed by atoms with van der Waals surface area (Å²) in [6, 6.07) is 9.39. The Morgan fingerprint density at radius 3 is 2.42 bits per heavy atom.